The van der Waals surface area contributed by atoms with Crippen LogP contribution in [0.25, 0.3) is 11.1 Å². The lowest BCUT2D eigenvalue weighted by molar-refractivity contribution is -0.145. The molecule has 7 nitrogen and oxygen atoms in total. The highest BCUT2D eigenvalue weighted by Crippen LogP contribution is 2.31. The molecule has 0 amide bonds. The molecule has 3 aromatic rings. The number of hydrogen-bond donors (Lipinski definition) is 0. The first-order valence-electron chi connectivity index (χ1n) is 11.2. The van der Waals surface area contributed by atoms with Crippen LogP contribution in [0.4, 0.5) is 0 Å². The summed E-state index contributed by atoms with van der Waals surface area (Å²) in [5, 5.41) is 1.14. The van der Waals surface area contributed by atoms with Crippen LogP contribution in [0.3, 0.4) is 0 Å². The van der Waals surface area contributed by atoms with Gasteiger partial charge in [-0.1, -0.05) is 30.3 Å². The van der Waals surface area contributed by atoms with E-state index in [0.717, 1.165) is 16.7 Å². The van der Waals surface area contributed by atoms with Gasteiger partial charge >= 0.3 is 17.9 Å². The van der Waals surface area contributed by atoms with Crippen molar-refractivity contribution < 1.29 is 33.3 Å². The zero-order valence-corrected chi connectivity index (χ0v) is 19.5. The van der Waals surface area contributed by atoms with E-state index in [1.807, 2.05) is 44.2 Å². The maximum atomic E-state index is 12.9. The number of benzene rings is 3. The maximum absolute atomic E-state index is 12.9. The number of fused-ring (bicyclic) bond motifs is 2. The van der Waals surface area contributed by atoms with Crippen LogP contribution in [-0.4, -0.2) is 31.1 Å². The average Bonchev–Trinajstić information content (AvgIpc) is 3.31. The second-order valence-electron chi connectivity index (χ2n) is 8.27. The number of carbonyl (C=O) groups excluding carboxylic acids is 3. The second kappa shape index (κ2) is 8.76. The van der Waals surface area contributed by atoms with E-state index in [9.17, 15) is 14.4 Å². The van der Waals surface area contributed by atoms with Crippen molar-refractivity contribution in [1.29, 1.82) is 0 Å². The van der Waals surface area contributed by atoms with Gasteiger partial charge < -0.3 is 18.9 Å². The molecular formula is C28H22O7. The zero-order chi connectivity index (χ0) is 24.7. The molecule has 5 rings (SSSR count). The Morgan fingerprint density at radius 1 is 0.800 bits per heavy atom. The van der Waals surface area contributed by atoms with Crippen LogP contribution in [-0.2, 0) is 19.1 Å². The van der Waals surface area contributed by atoms with Crippen LogP contribution in [0, 0.1) is 13.8 Å². The Morgan fingerprint density at radius 3 is 1.89 bits per heavy atom. The van der Waals surface area contributed by atoms with Crippen LogP contribution in [0.2, 0.25) is 0 Å². The lowest BCUT2D eigenvalue weighted by Crippen LogP contribution is -2.16. The van der Waals surface area contributed by atoms with Crippen molar-refractivity contribution >= 4 is 29.1 Å². The first-order chi connectivity index (χ1) is 16.9. The number of ether oxygens (including phenoxy) is 4. The Hall–Kier alpha value is -4.39. The van der Waals surface area contributed by atoms with Gasteiger partial charge in [0.2, 0.25) is 0 Å². The summed E-state index contributed by atoms with van der Waals surface area (Å²) in [7, 11) is 0. The molecule has 0 aliphatic carbocycles. The molecule has 0 atom stereocenters. The minimum absolute atomic E-state index is 0.200. The van der Waals surface area contributed by atoms with Crippen molar-refractivity contribution in [1.82, 2.24) is 0 Å². The highest BCUT2D eigenvalue weighted by molar-refractivity contribution is 6.21. The van der Waals surface area contributed by atoms with Gasteiger partial charge in [0.15, 0.2) is 6.61 Å². The number of carbonyl (C=O) groups is 3. The van der Waals surface area contributed by atoms with Crippen LogP contribution in [0.15, 0.2) is 54.6 Å². The van der Waals surface area contributed by atoms with Gasteiger partial charge in [0.1, 0.15) is 17.2 Å². The predicted octanol–water partition coefficient (Wildman–Crippen LogP) is 2.48. The molecule has 2 aliphatic heterocycles. The molecule has 176 valence electrons. The van der Waals surface area contributed by atoms with Crippen molar-refractivity contribution in [2.24, 2.45) is 0 Å². The van der Waals surface area contributed by atoms with Crippen LogP contribution >= 0.6 is 0 Å². The third-order valence-electron chi connectivity index (χ3n) is 5.89. The zero-order valence-electron chi connectivity index (χ0n) is 19.5. The van der Waals surface area contributed by atoms with E-state index >= 15 is 0 Å². The molecule has 0 aromatic heterocycles. The van der Waals surface area contributed by atoms with Gasteiger partial charge in [-0.3, -0.25) is 0 Å². The fraction of sp³-hybridized carbons (Fsp3) is 0.179. The lowest BCUT2D eigenvalue weighted by atomic mass is 9.98. The normalized spacial score (nSPS) is 13.8. The predicted molar refractivity (Wildman–Crippen MR) is 126 cm³/mol. The molecule has 35 heavy (non-hydrogen) atoms. The van der Waals surface area contributed by atoms with E-state index in [1.54, 1.807) is 31.2 Å². The molecule has 7 heteroatoms. The summed E-state index contributed by atoms with van der Waals surface area (Å²) in [5.41, 5.74) is 3.69. The first kappa shape index (κ1) is 22.4. The third-order valence-corrected chi connectivity index (χ3v) is 5.89. The Kier molecular flexibility index (Phi) is 5.61. The maximum Gasteiger partial charge on any atom is 0.344 e. The standard InChI is InChI=1S/C28H22O7/c1-4-32-23(29)14-33-26-15(2)10-18(11-16(26)3)25-20-13-21-19(12-22(20)35-28(25)31)24(27(30)34-21)17-8-6-5-7-9-17/h5-13H,4,14H2,1-3H3. The first-order valence-corrected chi connectivity index (χ1v) is 11.2. The fourth-order valence-electron chi connectivity index (χ4n) is 4.45. The molecule has 0 radical (unpaired) electrons. The molecule has 0 unspecified atom stereocenters. The summed E-state index contributed by atoms with van der Waals surface area (Å²) < 4.78 is 21.7. The highest BCUT2D eigenvalue weighted by Gasteiger charge is 2.30. The lowest BCUT2D eigenvalue weighted by Gasteiger charge is -2.13. The molecule has 0 fully saturated rings. The molecule has 0 saturated carbocycles. The topological polar surface area (TPSA) is 88.1 Å². The van der Waals surface area contributed by atoms with Crippen LogP contribution < -0.4 is 24.6 Å². The SMILES string of the molecule is CCOC(=O)COc1c(C)cc(C2=c3cc4c(cc3OC2=O)=C(c2ccccc2)C(=O)O4)cc1C. The van der Waals surface area contributed by atoms with Gasteiger partial charge in [-0.15, -0.1) is 0 Å². The Bertz CT molecular complexity index is 1490. The minimum Gasteiger partial charge on any atom is -0.481 e. The van der Waals surface area contributed by atoms with E-state index in [2.05, 4.69) is 0 Å². The van der Waals surface area contributed by atoms with E-state index in [0.29, 0.717) is 44.4 Å². The van der Waals surface area contributed by atoms with E-state index in [1.165, 1.54) is 0 Å². The number of rotatable bonds is 6. The van der Waals surface area contributed by atoms with Crippen molar-refractivity contribution in [2.45, 2.75) is 20.8 Å². The van der Waals surface area contributed by atoms with E-state index < -0.39 is 17.9 Å². The van der Waals surface area contributed by atoms with Gasteiger partial charge in [0.05, 0.1) is 17.8 Å². The molecule has 2 heterocycles. The third kappa shape index (κ3) is 3.95. The summed E-state index contributed by atoms with van der Waals surface area (Å²) >= 11 is 0. The van der Waals surface area contributed by atoms with Crippen molar-refractivity contribution in [2.75, 3.05) is 13.2 Å². The van der Waals surface area contributed by atoms with E-state index in [-0.39, 0.29) is 13.2 Å². The Balaban J connectivity index is 1.59. The summed E-state index contributed by atoms with van der Waals surface area (Å²) in [6.45, 7) is 5.49. The van der Waals surface area contributed by atoms with Crippen molar-refractivity contribution in [3.05, 3.63) is 87.3 Å². The van der Waals surface area contributed by atoms with Crippen LogP contribution in [0.5, 0.6) is 17.2 Å². The number of esters is 3. The largest absolute Gasteiger partial charge is 0.481 e. The molecule has 3 aromatic carbocycles. The van der Waals surface area contributed by atoms with Gasteiger partial charge in [-0.2, -0.15) is 0 Å². The highest BCUT2D eigenvalue weighted by atomic mass is 16.6. The molecular weight excluding hydrogens is 448 g/mol. The fourth-order valence-corrected chi connectivity index (χ4v) is 4.45. The molecule has 0 spiro atoms. The average molecular weight is 470 g/mol. The van der Waals surface area contributed by atoms with Crippen molar-refractivity contribution in [3.8, 4) is 17.2 Å². The van der Waals surface area contributed by atoms with Gasteiger partial charge in [0, 0.05) is 10.4 Å². The Morgan fingerprint density at radius 2 is 1.34 bits per heavy atom. The monoisotopic (exact) mass is 470 g/mol. The summed E-state index contributed by atoms with van der Waals surface area (Å²) in [4.78, 5) is 37.2. The molecule has 2 aliphatic rings. The van der Waals surface area contributed by atoms with Gasteiger partial charge in [-0.05, 0) is 67.3 Å². The quantitative estimate of drug-likeness (QED) is 0.404. The smallest absolute Gasteiger partial charge is 0.344 e. The summed E-state index contributed by atoms with van der Waals surface area (Å²) in [6, 6.07) is 16.2. The number of aryl methyl sites for hydroxylation is 2. The van der Waals surface area contributed by atoms with Crippen LogP contribution in [0.1, 0.15) is 29.2 Å². The number of hydrogen-bond acceptors (Lipinski definition) is 7. The molecule has 0 bridgehead atoms. The molecule has 0 saturated heterocycles. The van der Waals surface area contributed by atoms with Gasteiger partial charge in [0.25, 0.3) is 0 Å². The Labute approximate surface area is 201 Å². The minimum atomic E-state index is -0.491. The van der Waals surface area contributed by atoms with Crippen molar-refractivity contribution in [3.63, 3.8) is 0 Å². The van der Waals surface area contributed by atoms with E-state index in [4.69, 9.17) is 18.9 Å². The second-order valence-corrected chi connectivity index (χ2v) is 8.27. The summed E-state index contributed by atoms with van der Waals surface area (Å²) in [5.74, 6) is -0.0837. The summed E-state index contributed by atoms with van der Waals surface area (Å²) in [6.07, 6.45) is 0. The molecule has 0 N–H and O–H groups in total. The van der Waals surface area contributed by atoms with Gasteiger partial charge in [-0.25, -0.2) is 14.4 Å².